The fourth-order valence-electron chi connectivity index (χ4n) is 3.19. The number of hydrogen-bond donors (Lipinski definition) is 1. The lowest BCUT2D eigenvalue weighted by Gasteiger charge is -2.19. The summed E-state index contributed by atoms with van der Waals surface area (Å²) in [6.07, 6.45) is 0. The number of benzene rings is 3. The van der Waals surface area contributed by atoms with E-state index in [2.05, 4.69) is 5.32 Å². The Bertz CT molecular complexity index is 1130. The SMILES string of the molecule is CCN1C(=O)c2cc(NC(=O)c3ccc(F)cc3F)ccc2Oc2ccccc21. The maximum atomic E-state index is 13.9. The predicted molar refractivity (Wildman–Crippen MR) is 105 cm³/mol. The molecule has 146 valence electrons. The van der Waals surface area contributed by atoms with Gasteiger partial charge in [-0.15, -0.1) is 0 Å². The van der Waals surface area contributed by atoms with Crippen LogP contribution in [0.4, 0.5) is 20.2 Å². The van der Waals surface area contributed by atoms with E-state index in [9.17, 15) is 18.4 Å². The molecule has 0 saturated heterocycles. The molecule has 0 bridgehead atoms. The van der Waals surface area contributed by atoms with Gasteiger partial charge in [0.1, 0.15) is 17.4 Å². The molecule has 0 radical (unpaired) electrons. The number of carbonyl (C=O) groups is 2. The molecule has 0 unspecified atom stereocenters. The summed E-state index contributed by atoms with van der Waals surface area (Å²) in [4.78, 5) is 27.0. The van der Waals surface area contributed by atoms with Crippen molar-refractivity contribution in [3.05, 3.63) is 83.4 Å². The van der Waals surface area contributed by atoms with Gasteiger partial charge in [-0.05, 0) is 49.4 Å². The molecule has 0 spiro atoms. The molecule has 1 aliphatic heterocycles. The summed E-state index contributed by atoms with van der Waals surface area (Å²) in [7, 11) is 0. The molecular weight excluding hydrogens is 378 g/mol. The van der Waals surface area contributed by atoms with E-state index in [4.69, 9.17) is 4.74 Å². The van der Waals surface area contributed by atoms with E-state index in [0.29, 0.717) is 29.8 Å². The molecule has 0 aromatic heterocycles. The summed E-state index contributed by atoms with van der Waals surface area (Å²) < 4.78 is 32.8. The van der Waals surface area contributed by atoms with Gasteiger partial charge in [-0.3, -0.25) is 9.59 Å². The summed E-state index contributed by atoms with van der Waals surface area (Å²) >= 11 is 0. The van der Waals surface area contributed by atoms with Crippen molar-refractivity contribution in [1.29, 1.82) is 0 Å². The van der Waals surface area contributed by atoms with Crippen LogP contribution in [0, 0.1) is 11.6 Å². The van der Waals surface area contributed by atoms with Crippen molar-refractivity contribution in [2.75, 3.05) is 16.8 Å². The van der Waals surface area contributed by atoms with E-state index < -0.39 is 17.5 Å². The van der Waals surface area contributed by atoms with Gasteiger partial charge in [0.15, 0.2) is 5.75 Å². The highest BCUT2D eigenvalue weighted by atomic mass is 19.1. The fraction of sp³-hybridized carbons (Fsp3) is 0.0909. The van der Waals surface area contributed by atoms with Gasteiger partial charge in [-0.2, -0.15) is 0 Å². The van der Waals surface area contributed by atoms with Gasteiger partial charge in [0.05, 0.1) is 16.8 Å². The maximum absolute atomic E-state index is 13.9. The highest BCUT2D eigenvalue weighted by Crippen LogP contribution is 2.39. The molecule has 1 heterocycles. The number of rotatable bonds is 3. The normalized spacial score (nSPS) is 12.5. The van der Waals surface area contributed by atoms with Gasteiger partial charge in [0.2, 0.25) is 0 Å². The maximum Gasteiger partial charge on any atom is 0.262 e. The lowest BCUT2D eigenvalue weighted by atomic mass is 10.1. The molecule has 7 heteroatoms. The van der Waals surface area contributed by atoms with E-state index >= 15 is 0 Å². The zero-order chi connectivity index (χ0) is 20.5. The van der Waals surface area contributed by atoms with Crippen molar-refractivity contribution in [1.82, 2.24) is 0 Å². The van der Waals surface area contributed by atoms with Crippen molar-refractivity contribution < 1.29 is 23.1 Å². The molecule has 4 rings (SSSR count). The molecule has 1 N–H and O–H groups in total. The first-order valence-electron chi connectivity index (χ1n) is 8.97. The largest absolute Gasteiger partial charge is 0.454 e. The number of ether oxygens (including phenoxy) is 1. The number of nitrogens with one attached hydrogen (secondary N) is 1. The average Bonchev–Trinajstić information content (AvgIpc) is 2.81. The predicted octanol–water partition coefficient (Wildman–Crippen LogP) is 4.99. The monoisotopic (exact) mass is 394 g/mol. The highest BCUT2D eigenvalue weighted by molar-refractivity contribution is 6.11. The molecule has 0 saturated carbocycles. The Kier molecular flexibility index (Phi) is 4.72. The van der Waals surface area contributed by atoms with Gasteiger partial charge in [-0.1, -0.05) is 12.1 Å². The number of para-hydroxylation sites is 2. The van der Waals surface area contributed by atoms with Gasteiger partial charge in [-0.25, -0.2) is 8.78 Å². The Balaban J connectivity index is 1.68. The quantitative estimate of drug-likeness (QED) is 0.681. The summed E-state index contributed by atoms with van der Waals surface area (Å²) in [6, 6.07) is 14.5. The molecule has 5 nitrogen and oxygen atoms in total. The molecular formula is C22H16F2N2O3. The number of carbonyl (C=O) groups excluding carboxylic acids is 2. The average molecular weight is 394 g/mol. The van der Waals surface area contributed by atoms with Crippen molar-refractivity contribution in [3.63, 3.8) is 0 Å². The van der Waals surface area contributed by atoms with Crippen LogP contribution in [0.2, 0.25) is 0 Å². The molecule has 0 aliphatic carbocycles. The first-order chi connectivity index (χ1) is 14.0. The number of hydrogen-bond acceptors (Lipinski definition) is 3. The van der Waals surface area contributed by atoms with E-state index in [-0.39, 0.29) is 22.7 Å². The molecule has 0 atom stereocenters. The first-order valence-corrected chi connectivity index (χ1v) is 8.97. The minimum atomic E-state index is -0.968. The van der Waals surface area contributed by atoms with Crippen LogP contribution in [0.1, 0.15) is 27.6 Å². The van der Waals surface area contributed by atoms with Crippen LogP contribution >= 0.6 is 0 Å². The number of amides is 2. The van der Waals surface area contributed by atoms with Crippen molar-refractivity contribution in [2.24, 2.45) is 0 Å². The molecule has 3 aromatic carbocycles. The number of anilines is 2. The first kappa shape index (κ1) is 18.6. The lowest BCUT2D eigenvalue weighted by Crippen LogP contribution is -2.29. The third kappa shape index (κ3) is 3.42. The van der Waals surface area contributed by atoms with Crippen LogP contribution in [-0.2, 0) is 0 Å². The fourth-order valence-corrected chi connectivity index (χ4v) is 3.19. The van der Waals surface area contributed by atoms with E-state index in [1.54, 1.807) is 29.2 Å². The number of halogens is 2. The van der Waals surface area contributed by atoms with E-state index in [1.165, 1.54) is 6.07 Å². The molecule has 0 fully saturated rings. The highest BCUT2D eigenvalue weighted by Gasteiger charge is 2.27. The number of nitrogens with zero attached hydrogens (tertiary/aromatic N) is 1. The van der Waals surface area contributed by atoms with Crippen LogP contribution in [0.15, 0.2) is 60.7 Å². The van der Waals surface area contributed by atoms with Gasteiger partial charge in [0.25, 0.3) is 11.8 Å². The Labute approximate surface area is 165 Å². The van der Waals surface area contributed by atoms with Gasteiger partial charge >= 0.3 is 0 Å². The van der Waals surface area contributed by atoms with Crippen molar-refractivity contribution in [3.8, 4) is 11.5 Å². The smallest absolute Gasteiger partial charge is 0.262 e. The van der Waals surface area contributed by atoms with Gasteiger partial charge in [0, 0.05) is 18.3 Å². The zero-order valence-electron chi connectivity index (χ0n) is 15.4. The Morgan fingerprint density at radius 3 is 2.59 bits per heavy atom. The summed E-state index contributed by atoms with van der Waals surface area (Å²) in [6.45, 7) is 2.28. The van der Waals surface area contributed by atoms with Gasteiger partial charge < -0.3 is 15.0 Å². The lowest BCUT2D eigenvalue weighted by molar-refractivity contribution is 0.0985. The van der Waals surface area contributed by atoms with Crippen LogP contribution in [0.5, 0.6) is 11.5 Å². The molecule has 1 aliphatic rings. The Hall–Kier alpha value is -3.74. The summed E-state index contributed by atoms with van der Waals surface area (Å²) in [5.41, 5.74) is 0.901. The third-order valence-corrected chi connectivity index (χ3v) is 4.58. The second-order valence-electron chi connectivity index (χ2n) is 6.41. The Morgan fingerprint density at radius 2 is 1.83 bits per heavy atom. The van der Waals surface area contributed by atoms with Crippen LogP contribution in [0.25, 0.3) is 0 Å². The van der Waals surface area contributed by atoms with Crippen LogP contribution < -0.4 is 15.0 Å². The molecule has 3 aromatic rings. The van der Waals surface area contributed by atoms with Crippen molar-refractivity contribution in [2.45, 2.75) is 6.92 Å². The van der Waals surface area contributed by atoms with E-state index in [0.717, 1.165) is 12.1 Å². The van der Waals surface area contributed by atoms with Crippen LogP contribution in [-0.4, -0.2) is 18.4 Å². The van der Waals surface area contributed by atoms with E-state index in [1.807, 2.05) is 19.1 Å². The minimum absolute atomic E-state index is 0.264. The zero-order valence-corrected chi connectivity index (χ0v) is 15.4. The van der Waals surface area contributed by atoms with Crippen molar-refractivity contribution >= 4 is 23.2 Å². The second kappa shape index (κ2) is 7.35. The second-order valence-corrected chi connectivity index (χ2v) is 6.41. The summed E-state index contributed by atoms with van der Waals surface area (Å²) in [5, 5.41) is 2.54. The standard InChI is InChI=1S/C22H16F2N2O3/c1-2-26-18-5-3-4-6-20(18)29-19-10-8-14(12-16(19)22(26)28)25-21(27)15-9-7-13(23)11-17(15)24/h3-12H,2H2,1H3,(H,25,27). The third-order valence-electron chi connectivity index (χ3n) is 4.58. The molecule has 2 amide bonds. The number of fused-ring (bicyclic) bond motifs is 2. The Morgan fingerprint density at radius 1 is 1.03 bits per heavy atom. The van der Waals surface area contributed by atoms with Crippen LogP contribution in [0.3, 0.4) is 0 Å². The topological polar surface area (TPSA) is 58.6 Å². The summed E-state index contributed by atoms with van der Waals surface area (Å²) in [5.74, 6) is -1.87. The minimum Gasteiger partial charge on any atom is -0.454 e. The molecule has 29 heavy (non-hydrogen) atoms.